The Morgan fingerprint density at radius 2 is 2.16 bits per heavy atom. The molecule has 0 amide bonds. The number of hydrogen-bond acceptors (Lipinski definition) is 5. The number of carbonyl (C=O) groups excluding carboxylic acids is 1. The summed E-state index contributed by atoms with van der Waals surface area (Å²) in [6.45, 7) is 0. The predicted octanol–water partition coefficient (Wildman–Crippen LogP) is 2.20. The van der Waals surface area contributed by atoms with E-state index in [0.717, 1.165) is 34.0 Å². The first-order chi connectivity index (χ1) is 9.30. The second-order valence-electron chi connectivity index (χ2n) is 4.02. The Kier molecular flexibility index (Phi) is 3.00. The van der Waals surface area contributed by atoms with Crippen LogP contribution in [0, 0.1) is 0 Å². The molecule has 0 atom stereocenters. The monoisotopic (exact) mass is 273 g/mol. The van der Waals surface area contributed by atoms with Crippen molar-refractivity contribution in [3.8, 4) is 5.75 Å². The highest BCUT2D eigenvalue weighted by atomic mass is 32.1. The Balaban J connectivity index is 1.87. The summed E-state index contributed by atoms with van der Waals surface area (Å²) in [5.41, 5.74) is 1.62. The van der Waals surface area contributed by atoms with Gasteiger partial charge in [-0.05, 0) is 17.7 Å². The van der Waals surface area contributed by atoms with E-state index in [9.17, 15) is 4.79 Å². The highest BCUT2D eigenvalue weighted by molar-refractivity contribution is 7.16. The van der Waals surface area contributed by atoms with Gasteiger partial charge in [-0.2, -0.15) is 5.10 Å². The first-order valence-corrected chi connectivity index (χ1v) is 6.53. The molecule has 0 fully saturated rings. The first-order valence-electron chi connectivity index (χ1n) is 5.71. The van der Waals surface area contributed by atoms with Gasteiger partial charge in [-0.3, -0.25) is 4.79 Å². The molecule has 0 spiro atoms. The summed E-state index contributed by atoms with van der Waals surface area (Å²) in [6, 6.07) is 7.85. The molecule has 1 aromatic carbocycles. The normalized spacial score (nSPS) is 10.8. The van der Waals surface area contributed by atoms with Crippen LogP contribution in [0.25, 0.3) is 4.96 Å². The van der Waals surface area contributed by atoms with Crippen molar-refractivity contribution in [2.45, 2.75) is 6.42 Å². The minimum absolute atomic E-state index is 0.479. The summed E-state index contributed by atoms with van der Waals surface area (Å²) in [6.07, 6.45) is 3.01. The van der Waals surface area contributed by atoms with E-state index in [-0.39, 0.29) is 0 Å². The lowest BCUT2D eigenvalue weighted by atomic mass is 10.1. The fourth-order valence-electron chi connectivity index (χ4n) is 1.82. The van der Waals surface area contributed by atoms with Crippen LogP contribution in [0.15, 0.2) is 30.5 Å². The van der Waals surface area contributed by atoms with Gasteiger partial charge in [0.15, 0.2) is 6.29 Å². The quantitative estimate of drug-likeness (QED) is 0.684. The SMILES string of the molecule is COc1ccc(Cc2nn3c(C=O)cnc3s2)cc1. The van der Waals surface area contributed by atoms with Crippen LogP contribution in [-0.4, -0.2) is 28.0 Å². The third kappa shape index (κ3) is 2.22. The maximum Gasteiger partial charge on any atom is 0.212 e. The van der Waals surface area contributed by atoms with E-state index >= 15 is 0 Å². The number of nitrogens with zero attached hydrogens (tertiary/aromatic N) is 3. The molecule has 0 aliphatic carbocycles. The Labute approximate surface area is 113 Å². The second-order valence-corrected chi connectivity index (χ2v) is 5.06. The van der Waals surface area contributed by atoms with Gasteiger partial charge in [0.25, 0.3) is 0 Å². The van der Waals surface area contributed by atoms with E-state index in [1.807, 2.05) is 24.3 Å². The van der Waals surface area contributed by atoms with Crippen molar-refractivity contribution in [1.82, 2.24) is 14.6 Å². The standard InChI is InChI=1S/C13H11N3O2S/c1-18-11-4-2-9(3-5-11)6-12-15-16-10(8-17)7-14-13(16)19-12/h2-5,7-8H,6H2,1H3. The van der Waals surface area contributed by atoms with Crippen molar-refractivity contribution in [2.75, 3.05) is 7.11 Å². The lowest BCUT2D eigenvalue weighted by Gasteiger charge is -2.00. The highest BCUT2D eigenvalue weighted by Crippen LogP contribution is 2.19. The van der Waals surface area contributed by atoms with E-state index in [1.54, 1.807) is 11.6 Å². The second kappa shape index (κ2) is 4.81. The number of carbonyl (C=O) groups is 1. The summed E-state index contributed by atoms with van der Waals surface area (Å²) >= 11 is 1.49. The summed E-state index contributed by atoms with van der Waals surface area (Å²) in [7, 11) is 1.64. The zero-order valence-electron chi connectivity index (χ0n) is 10.2. The molecule has 0 N–H and O–H groups in total. The molecule has 6 heteroatoms. The fraction of sp³-hybridized carbons (Fsp3) is 0.154. The van der Waals surface area contributed by atoms with Crippen molar-refractivity contribution in [3.05, 3.63) is 46.7 Å². The molecule has 19 heavy (non-hydrogen) atoms. The fourth-order valence-corrected chi connectivity index (χ4v) is 2.73. The van der Waals surface area contributed by atoms with Gasteiger partial charge in [-0.15, -0.1) is 0 Å². The Bertz CT molecular complexity index is 715. The van der Waals surface area contributed by atoms with Gasteiger partial charge in [0.05, 0.1) is 13.3 Å². The summed E-state index contributed by atoms with van der Waals surface area (Å²) < 4.78 is 6.70. The van der Waals surface area contributed by atoms with Gasteiger partial charge >= 0.3 is 0 Å². The zero-order valence-corrected chi connectivity index (χ0v) is 11.1. The number of benzene rings is 1. The first kappa shape index (κ1) is 11.9. The molecule has 0 bridgehead atoms. The topological polar surface area (TPSA) is 56.5 Å². The van der Waals surface area contributed by atoms with Gasteiger partial charge in [0.1, 0.15) is 16.5 Å². The number of fused-ring (bicyclic) bond motifs is 1. The van der Waals surface area contributed by atoms with Crippen molar-refractivity contribution < 1.29 is 9.53 Å². The number of aromatic nitrogens is 3. The Morgan fingerprint density at radius 3 is 2.84 bits per heavy atom. The van der Waals surface area contributed by atoms with Crippen molar-refractivity contribution in [1.29, 1.82) is 0 Å². The van der Waals surface area contributed by atoms with Crippen LogP contribution >= 0.6 is 11.3 Å². The van der Waals surface area contributed by atoms with Gasteiger partial charge in [-0.25, -0.2) is 9.50 Å². The lowest BCUT2D eigenvalue weighted by molar-refractivity contribution is 0.111. The third-order valence-corrected chi connectivity index (χ3v) is 3.71. The van der Waals surface area contributed by atoms with Crippen molar-refractivity contribution in [2.24, 2.45) is 0 Å². The van der Waals surface area contributed by atoms with Crippen LogP contribution in [0.5, 0.6) is 5.75 Å². The van der Waals surface area contributed by atoms with Gasteiger partial charge in [0.2, 0.25) is 4.96 Å². The van der Waals surface area contributed by atoms with E-state index in [2.05, 4.69) is 10.1 Å². The molecule has 3 rings (SSSR count). The largest absolute Gasteiger partial charge is 0.497 e. The maximum atomic E-state index is 10.8. The minimum Gasteiger partial charge on any atom is -0.497 e. The Hall–Kier alpha value is -2.21. The highest BCUT2D eigenvalue weighted by Gasteiger charge is 2.09. The maximum absolute atomic E-state index is 10.8. The molecular formula is C13H11N3O2S. The lowest BCUT2D eigenvalue weighted by Crippen LogP contribution is -1.94. The van der Waals surface area contributed by atoms with Gasteiger partial charge in [0, 0.05) is 6.42 Å². The molecule has 0 aliphatic heterocycles. The molecule has 0 saturated heterocycles. The van der Waals surface area contributed by atoms with Crippen LogP contribution in [0.3, 0.4) is 0 Å². The number of ether oxygens (including phenoxy) is 1. The molecular weight excluding hydrogens is 262 g/mol. The molecule has 3 aromatic rings. The van der Waals surface area contributed by atoms with Crippen molar-refractivity contribution >= 4 is 22.6 Å². The van der Waals surface area contributed by atoms with Gasteiger partial charge < -0.3 is 4.74 Å². The van der Waals surface area contributed by atoms with Crippen LogP contribution < -0.4 is 4.74 Å². The van der Waals surface area contributed by atoms with Crippen LogP contribution in [0.1, 0.15) is 21.1 Å². The summed E-state index contributed by atoms with van der Waals surface area (Å²) in [4.78, 5) is 15.7. The summed E-state index contributed by atoms with van der Waals surface area (Å²) in [5, 5.41) is 5.32. The molecule has 2 aromatic heterocycles. The molecule has 0 saturated carbocycles. The number of imidazole rings is 1. The zero-order chi connectivity index (χ0) is 13.2. The van der Waals surface area contributed by atoms with E-state index < -0.39 is 0 Å². The van der Waals surface area contributed by atoms with E-state index in [1.165, 1.54) is 17.5 Å². The van der Waals surface area contributed by atoms with Gasteiger partial charge in [-0.1, -0.05) is 23.5 Å². The van der Waals surface area contributed by atoms with Crippen LogP contribution in [-0.2, 0) is 6.42 Å². The number of aldehydes is 1. The predicted molar refractivity (Wildman–Crippen MR) is 72.1 cm³/mol. The van der Waals surface area contributed by atoms with Crippen LogP contribution in [0.2, 0.25) is 0 Å². The van der Waals surface area contributed by atoms with Crippen molar-refractivity contribution in [3.63, 3.8) is 0 Å². The molecule has 0 unspecified atom stereocenters. The minimum atomic E-state index is 0.479. The molecule has 2 heterocycles. The van der Waals surface area contributed by atoms with E-state index in [0.29, 0.717) is 5.69 Å². The number of rotatable bonds is 4. The average molecular weight is 273 g/mol. The summed E-state index contributed by atoms with van der Waals surface area (Å²) in [5.74, 6) is 0.834. The molecule has 96 valence electrons. The smallest absolute Gasteiger partial charge is 0.212 e. The Morgan fingerprint density at radius 1 is 1.37 bits per heavy atom. The number of hydrogen-bond donors (Lipinski definition) is 0. The molecule has 0 radical (unpaired) electrons. The third-order valence-electron chi connectivity index (χ3n) is 2.79. The van der Waals surface area contributed by atoms with E-state index in [4.69, 9.17) is 4.74 Å². The molecule has 0 aliphatic rings. The molecule has 5 nitrogen and oxygen atoms in total. The number of methoxy groups -OCH3 is 1. The van der Waals surface area contributed by atoms with Crippen LogP contribution in [0.4, 0.5) is 0 Å². The average Bonchev–Trinajstić information content (AvgIpc) is 2.99.